The Balaban J connectivity index is 1.32. The van der Waals surface area contributed by atoms with E-state index in [4.69, 9.17) is 18.9 Å². The summed E-state index contributed by atoms with van der Waals surface area (Å²) in [5, 5.41) is 20.3. The third-order valence-electron chi connectivity index (χ3n) is 4.85. The molecule has 0 unspecified atom stereocenters. The minimum absolute atomic E-state index is 0.246. The molecule has 8 heteroatoms. The fraction of sp³-hybridized carbons (Fsp3) is 0.700. The van der Waals surface area contributed by atoms with Crippen molar-refractivity contribution in [1.82, 2.24) is 9.80 Å². The maximum atomic E-state index is 10.1. The monoisotopic (exact) mass is 396 g/mol. The van der Waals surface area contributed by atoms with Gasteiger partial charge in [-0.1, -0.05) is 0 Å². The van der Waals surface area contributed by atoms with Gasteiger partial charge in [-0.2, -0.15) is 0 Å². The summed E-state index contributed by atoms with van der Waals surface area (Å²) in [6.07, 6.45) is -1.08. The van der Waals surface area contributed by atoms with Crippen molar-refractivity contribution in [2.45, 2.75) is 12.2 Å². The zero-order chi connectivity index (χ0) is 19.6. The molecule has 1 aromatic carbocycles. The normalized spacial score (nSPS) is 21.2. The smallest absolute Gasteiger partial charge is 0.119 e. The summed E-state index contributed by atoms with van der Waals surface area (Å²) in [6.45, 7) is 7.93. The highest BCUT2D eigenvalue weighted by Crippen LogP contribution is 2.18. The molecule has 0 aliphatic carbocycles. The molecule has 2 heterocycles. The van der Waals surface area contributed by atoms with Gasteiger partial charge in [0.15, 0.2) is 0 Å². The fourth-order valence-electron chi connectivity index (χ4n) is 3.29. The Kier molecular flexibility index (Phi) is 8.78. The molecule has 8 nitrogen and oxygen atoms in total. The van der Waals surface area contributed by atoms with E-state index >= 15 is 0 Å². The van der Waals surface area contributed by atoms with Gasteiger partial charge in [-0.3, -0.25) is 9.80 Å². The number of rotatable bonds is 10. The molecule has 2 aliphatic rings. The summed E-state index contributed by atoms with van der Waals surface area (Å²) in [4.78, 5) is 4.35. The van der Waals surface area contributed by atoms with Crippen LogP contribution in [0.4, 0.5) is 0 Å². The summed E-state index contributed by atoms with van der Waals surface area (Å²) in [5.41, 5.74) is 0. The topological polar surface area (TPSA) is 83.9 Å². The third-order valence-corrected chi connectivity index (χ3v) is 4.85. The van der Waals surface area contributed by atoms with Crippen LogP contribution in [0, 0.1) is 0 Å². The van der Waals surface area contributed by atoms with Crippen LogP contribution in [0.1, 0.15) is 0 Å². The van der Waals surface area contributed by atoms with Crippen LogP contribution in [0.5, 0.6) is 11.5 Å². The SMILES string of the molecule is O[C@H](COc1ccc(OC[C@H](O)CN2CCOCC2)cc1)CN1CCOCC1. The molecular weight excluding hydrogens is 364 g/mol. The molecule has 2 N–H and O–H groups in total. The molecule has 0 saturated carbocycles. The van der Waals surface area contributed by atoms with Crippen LogP contribution in [0.25, 0.3) is 0 Å². The summed E-state index contributed by atoms with van der Waals surface area (Å²) in [6, 6.07) is 7.24. The molecule has 0 radical (unpaired) electrons. The van der Waals surface area contributed by atoms with Gasteiger partial charge in [0.25, 0.3) is 0 Å². The van der Waals surface area contributed by atoms with Gasteiger partial charge < -0.3 is 29.2 Å². The van der Waals surface area contributed by atoms with E-state index in [-0.39, 0.29) is 13.2 Å². The predicted octanol–water partition coefficient (Wildman–Crippen LogP) is -0.170. The van der Waals surface area contributed by atoms with Gasteiger partial charge in [0.2, 0.25) is 0 Å². The molecule has 2 atom stereocenters. The van der Waals surface area contributed by atoms with Crippen molar-refractivity contribution < 1.29 is 29.2 Å². The van der Waals surface area contributed by atoms with Gasteiger partial charge in [-0.15, -0.1) is 0 Å². The first-order valence-corrected chi connectivity index (χ1v) is 10.0. The van der Waals surface area contributed by atoms with Gasteiger partial charge in [0.1, 0.15) is 36.9 Å². The van der Waals surface area contributed by atoms with Crippen molar-refractivity contribution in [3.63, 3.8) is 0 Å². The molecule has 0 amide bonds. The van der Waals surface area contributed by atoms with Crippen molar-refractivity contribution in [1.29, 1.82) is 0 Å². The maximum absolute atomic E-state index is 10.1. The second-order valence-corrected chi connectivity index (χ2v) is 7.23. The molecule has 3 rings (SSSR count). The Morgan fingerprint density at radius 2 is 1.07 bits per heavy atom. The summed E-state index contributed by atoms with van der Waals surface area (Å²) < 4.78 is 21.9. The van der Waals surface area contributed by atoms with Crippen molar-refractivity contribution in [2.24, 2.45) is 0 Å². The Bertz CT molecular complexity index is 497. The van der Waals surface area contributed by atoms with Crippen LogP contribution in [-0.4, -0.2) is 111 Å². The minimum atomic E-state index is -0.538. The average Bonchev–Trinajstić information content (AvgIpc) is 2.73. The van der Waals surface area contributed by atoms with E-state index in [1.54, 1.807) is 0 Å². The number of β-amino-alcohol motifs (C(OH)–C–C–N with tert-alkyl or cyclic N) is 2. The highest BCUT2D eigenvalue weighted by atomic mass is 16.5. The summed E-state index contributed by atoms with van der Waals surface area (Å²) in [5.74, 6) is 1.37. The molecule has 1 aromatic rings. The van der Waals surface area contributed by atoms with E-state index in [1.807, 2.05) is 24.3 Å². The largest absolute Gasteiger partial charge is 0.491 e. The van der Waals surface area contributed by atoms with Crippen LogP contribution in [0.2, 0.25) is 0 Å². The second-order valence-electron chi connectivity index (χ2n) is 7.23. The number of aliphatic hydroxyl groups is 2. The number of hydrogen-bond donors (Lipinski definition) is 2. The molecule has 2 saturated heterocycles. The van der Waals surface area contributed by atoms with Crippen LogP contribution < -0.4 is 9.47 Å². The van der Waals surface area contributed by atoms with Gasteiger partial charge in [-0.25, -0.2) is 0 Å². The molecule has 0 bridgehead atoms. The Hall–Kier alpha value is -1.42. The number of nitrogens with zero attached hydrogens (tertiary/aromatic N) is 2. The number of ether oxygens (including phenoxy) is 4. The zero-order valence-corrected chi connectivity index (χ0v) is 16.4. The van der Waals surface area contributed by atoms with Gasteiger partial charge in [-0.05, 0) is 24.3 Å². The first kappa shape index (κ1) is 21.3. The third kappa shape index (κ3) is 7.54. The van der Waals surface area contributed by atoms with E-state index < -0.39 is 12.2 Å². The standard InChI is InChI=1S/C20H32N2O6/c23-17(13-21-5-9-25-10-6-21)15-27-19-1-2-20(4-3-19)28-16-18(24)14-22-7-11-26-12-8-22/h1-4,17-18,23-24H,5-16H2/t17-,18+. The number of benzene rings is 1. The van der Waals surface area contributed by atoms with E-state index in [2.05, 4.69) is 9.80 Å². The van der Waals surface area contributed by atoms with Crippen molar-refractivity contribution in [2.75, 3.05) is 78.9 Å². The van der Waals surface area contributed by atoms with E-state index in [9.17, 15) is 10.2 Å². The Morgan fingerprint density at radius 3 is 1.43 bits per heavy atom. The quantitative estimate of drug-likeness (QED) is 0.564. The van der Waals surface area contributed by atoms with Crippen LogP contribution in [-0.2, 0) is 9.47 Å². The summed E-state index contributed by atoms with van der Waals surface area (Å²) in [7, 11) is 0. The molecule has 158 valence electrons. The van der Waals surface area contributed by atoms with Crippen LogP contribution in [0.15, 0.2) is 24.3 Å². The predicted molar refractivity (Wildman–Crippen MR) is 104 cm³/mol. The van der Waals surface area contributed by atoms with E-state index in [1.165, 1.54) is 0 Å². The van der Waals surface area contributed by atoms with Crippen LogP contribution >= 0.6 is 0 Å². The first-order valence-electron chi connectivity index (χ1n) is 10.0. The molecule has 0 aromatic heterocycles. The molecule has 2 fully saturated rings. The van der Waals surface area contributed by atoms with Crippen molar-refractivity contribution in [3.05, 3.63) is 24.3 Å². The molecule has 0 spiro atoms. The highest BCUT2D eigenvalue weighted by Gasteiger charge is 2.16. The fourth-order valence-corrected chi connectivity index (χ4v) is 3.29. The number of aliphatic hydroxyl groups excluding tert-OH is 2. The lowest BCUT2D eigenvalue weighted by atomic mass is 10.3. The minimum Gasteiger partial charge on any atom is -0.491 e. The first-order chi connectivity index (χ1) is 13.7. The van der Waals surface area contributed by atoms with E-state index in [0.29, 0.717) is 24.6 Å². The Labute approximate surface area is 166 Å². The van der Waals surface area contributed by atoms with Crippen LogP contribution in [0.3, 0.4) is 0 Å². The van der Waals surface area contributed by atoms with Crippen molar-refractivity contribution >= 4 is 0 Å². The molecule has 28 heavy (non-hydrogen) atoms. The van der Waals surface area contributed by atoms with Gasteiger partial charge >= 0.3 is 0 Å². The second kappa shape index (κ2) is 11.5. The lowest BCUT2D eigenvalue weighted by molar-refractivity contribution is 0.00419. The highest BCUT2D eigenvalue weighted by molar-refractivity contribution is 5.31. The van der Waals surface area contributed by atoms with E-state index in [0.717, 1.165) is 52.6 Å². The molecular formula is C20H32N2O6. The maximum Gasteiger partial charge on any atom is 0.119 e. The van der Waals surface area contributed by atoms with Crippen molar-refractivity contribution in [3.8, 4) is 11.5 Å². The average molecular weight is 396 g/mol. The van der Waals surface area contributed by atoms with Gasteiger partial charge in [0, 0.05) is 39.3 Å². The lowest BCUT2D eigenvalue weighted by Gasteiger charge is -2.28. The number of morpholine rings is 2. The van der Waals surface area contributed by atoms with Gasteiger partial charge in [0.05, 0.1) is 26.4 Å². The summed E-state index contributed by atoms with van der Waals surface area (Å²) >= 11 is 0. The number of hydrogen-bond acceptors (Lipinski definition) is 8. The zero-order valence-electron chi connectivity index (χ0n) is 16.4. The molecule has 2 aliphatic heterocycles. The lowest BCUT2D eigenvalue weighted by Crippen LogP contribution is -2.42. The Morgan fingerprint density at radius 1 is 0.714 bits per heavy atom.